The lowest BCUT2D eigenvalue weighted by Gasteiger charge is -2.34. The van der Waals surface area contributed by atoms with Gasteiger partial charge in [0, 0.05) is 44.2 Å². The number of benzene rings is 1. The minimum atomic E-state index is -2.60. The van der Waals surface area contributed by atoms with E-state index in [2.05, 4.69) is 0 Å². The molecule has 0 bridgehead atoms. The summed E-state index contributed by atoms with van der Waals surface area (Å²) in [5.74, 6) is -2.14. The lowest BCUT2D eigenvalue weighted by molar-refractivity contribution is -0.0892. The van der Waals surface area contributed by atoms with Crippen LogP contribution < -0.4 is 5.56 Å². The van der Waals surface area contributed by atoms with Crippen molar-refractivity contribution in [2.75, 3.05) is 6.61 Å². The highest BCUT2D eigenvalue weighted by Crippen LogP contribution is 2.48. The first kappa shape index (κ1) is 20.7. The molecule has 160 valence electrons. The summed E-state index contributed by atoms with van der Waals surface area (Å²) in [6, 6.07) is 7.79. The lowest BCUT2D eigenvalue weighted by atomic mass is 9.80. The minimum absolute atomic E-state index is 0.0244. The number of imidazole rings is 1. The number of hydrogen-bond acceptors (Lipinski definition) is 3. The normalized spacial score (nSPS) is 17.3. The third kappa shape index (κ3) is 3.78. The number of aromatic nitrogens is 3. The first-order valence-corrected chi connectivity index (χ1v) is 10.4. The highest BCUT2D eigenvalue weighted by Gasteiger charge is 2.48. The van der Waals surface area contributed by atoms with E-state index in [1.54, 1.807) is 18.5 Å². The van der Waals surface area contributed by atoms with E-state index in [1.165, 1.54) is 0 Å². The Bertz CT molecular complexity index is 1120. The number of ether oxygens (including phenoxy) is 1. The van der Waals surface area contributed by atoms with Crippen LogP contribution in [0.15, 0.2) is 35.3 Å². The number of alkyl halides is 2. The average Bonchev–Trinajstić information content (AvgIpc) is 3.01. The van der Waals surface area contributed by atoms with Gasteiger partial charge in [-0.3, -0.25) is 4.79 Å². The summed E-state index contributed by atoms with van der Waals surface area (Å²) in [6.07, 6.45) is 1.43. The van der Waals surface area contributed by atoms with Crippen LogP contribution in [0.3, 0.4) is 0 Å². The largest absolute Gasteiger partial charge is 0.377 e. The third-order valence-electron chi connectivity index (χ3n) is 5.82. The first-order chi connectivity index (χ1) is 14.2. The van der Waals surface area contributed by atoms with Gasteiger partial charge < -0.3 is 13.9 Å². The van der Waals surface area contributed by atoms with E-state index >= 15 is 0 Å². The second-order valence-electron chi connectivity index (χ2n) is 8.34. The van der Waals surface area contributed by atoms with Crippen LogP contribution in [-0.2, 0) is 18.3 Å². The Labute approximate surface area is 174 Å². The number of nitrogens with zero attached hydrogens (tertiary/aromatic N) is 3. The maximum Gasteiger partial charge on any atom is 0.253 e. The SMILES string of the molecule is CCO[C@@H](C)Cn1c(C2CC(F)(F)C2)nc2ccc(-c3cc(C)c(=O)n(C)c3)cc21. The fourth-order valence-electron chi connectivity index (χ4n) is 4.30. The molecular weight excluding hydrogens is 388 g/mol. The summed E-state index contributed by atoms with van der Waals surface area (Å²) >= 11 is 0. The van der Waals surface area contributed by atoms with E-state index in [4.69, 9.17) is 9.72 Å². The Balaban J connectivity index is 1.81. The summed E-state index contributed by atoms with van der Waals surface area (Å²) in [5, 5.41) is 0. The van der Waals surface area contributed by atoms with Crippen LogP contribution in [0.1, 0.15) is 44.0 Å². The smallest absolute Gasteiger partial charge is 0.253 e. The molecule has 2 heterocycles. The Hall–Kier alpha value is -2.54. The van der Waals surface area contributed by atoms with Crippen LogP contribution in [-0.4, -0.2) is 32.8 Å². The molecule has 1 aliphatic carbocycles. The maximum absolute atomic E-state index is 13.5. The second-order valence-corrected chi connectivity index (χ2v) is 8.34. The Morgan fingerprint density at radius 1 is 1.27 bits per heavy atom. The molecule has 1 fully saturated rings. The van der Waals surface area contributed by atoms with Gasteiger partial charge in [0.05, 0.1) is 23.7 Å². The van der Waals surface area contributed by atoms with Crippen molar-refractivity contribution >= 4 is 11.0 Å². The molecule has 2 aromatic heterocycles. The Morgan fingerprint density at radius 3 is 2.63 bits per heavy atom. The fourth-order valence-corrected chi connectivity index (χ4v) is 4.30. The highest BCUT2D eigenvalue weighted by molar-refractivity contribution is 5.83. The molecule has 3 aromatic rings. The number of hydrogen-bond donors (Lipinski definition) is 0. The highest BCUT2D eigenvalue weighted by atomic mass is 19.3. The summed E-state index contributed by atoms with van der Waals surface area (Å²) in [5.41, 5.74) is 4.22. The van der Waals surface area contributed by atoms with Crippen molar-refractivity contribution in [3.8, 4) is 11.1 Å². The number of pyridine rings is 1. The molecule has 0 N–H and O–H groups in total. The second kappa shape index (κ2) is 7.61. The molecule has 30 heavy (non-hydrogen) atoms. The van der Waals surface area contributed by atoms with Crippen molar-refractivity contribution in [2.45, 2.75) is 58.1 Å². The number of fused-ring (bicyclic) bond motifs is 1. The van der Waals surface area contributed by atoms with Gasteiger partial charge in [-0.05, 0) is 50.1 Å². The zero-order valence-electron chi connectivity index (χ0n) is 17.8. The summed E-state index contributed by atoms with van der Waals surface area (Å²) in [4.78, 5) is 16.8. The van der Waals surface area contributed by atoms with Gasteiger partial charge >= 0.3 is 0 Å². The Morgan fingerprint density at radius 2 is 2.00 bits per heavy atom. The number of halogens is 2. The molecule has 1 aliphatic rings. The average molecular weight is 415 g/mol. The fraction of sp³-hybridized carbons (Fsp3) is 0.478. The quantitative estimate of drug-likeness (QED) is 0.589. The van der Waals surface area contributed by atoms with Gasteiger partial charge in [-0.1, -0.05) is 6.07 Å². The first-order valence-electron chi connectivity index (χ1n) is 10.4. The molecule has 1 aromatic carbocycles. The standard InChI is InChI=1S/C23H27F2N3O2/c1-5-30-15(3)12-28-20-9-16(17-8-14(2)22(29)27(4)13-17)6-7-19(20)26-21(28)18-10-23(24,25)11-18/h6-9,13,15,18H,5,10-12H2,1-4H3/t15-/m0/s1. The van der Waals surface area contributed by atoms with Crippen LogP contribution in [0.25, 0.3) is 22.2 Å². The summed E-state index contributed by atoms with van der Waals surface area (Å²) in [7, 11) is 1.74. The molecule has 0 unspecified atom stereocenters. The minimum Gasteiger partial charge on any atom is -0.377 e. The van der Waals surface area contributed by atoms with Crippen molar-refractivity contribution in [1.29, 1.82) is 0 Å². The zero-order chi connectivity index (χ0) is 21.6. The van der Waals surface area contributed by atoms with Crippen molar-refractivity contribution in [2.24, 2.45) is 7.05 Å². The van der Waals surface area contributed by atoms with Crippen LogP contribution in [0, 0.1) is 6.92 Å². The van der Waals surface area contributed by atoms with E-state index < -0.39 is 5.92 Å². The van der Waals surface area contributed by atoms with E-state index in [0.29, 0.717) is 24.5 Å². The van der Waals surface area contributed by atoms with E-state index in [9.17, 15) is 13.6 Å². The number of rotatable bonds is 6. The van der Waals surface area contributed by atoms with Gasteiger partial charge in [0.1, 0.15) is 5.82 Å². The molecule has 0 spiro atoms. The topological polar surface area (TPSA) is 49.1 Å². The van der Waals surface area contributed by atoms with Crippen LogP contribution >= 0.6 is 0 Å². The van der Waals surface area contributed by atoms with Crippen molar-refractivity contribution in [3.63, 3.8) is 0 Å². The maximum atomic E-state index is 13.5. The number of aryl methyl sites for hydroxylation is 2. The van der Waals surface area contributed by atoms with E-state index in [-0.39, 0.29) is 30.4 Å². The van der Waals surface area contributed by atoms with Gasteiger partial charge in [-0.15, -0.1) is 0 Å². The molecule has 1 atom stereocenters. The molecule has 0 saturated heterocycles. The van der Waals surface area contributed by atoms with Crippen LogP contribution in [0.5, 0.6) is 0 Å². The molecular formula is C23H27F2N3O2. The van der Waals surface area contributed by atoms with Crippen LogP contribution in [0.4, 0.5) is 8.78 Å². The monoisotopic (exact) mass is 415 g/mol. The molecule has 0 aliphatic heterocycles. The van der Waals surface area contributed by atoms with Crippen molar-refractivity contribution < 1.29 is 13.5 Å². The van der Waals surface area contributed by atoms with Crippen LogP contribution in [0.2, 0.25) is 0 Å². The van der Waals surface area contributed by atoms with Gasteiger partial charge in [0.2, 0.25) is 5.92 Å². The zero-order valence-corrected chi connectivity index (χ0v) is 17.8. The molecule has 7 heteroatoms. The molecule has 1 saturated carbocycles. The lowest BCUT2D eigenvalue weighted by Crippen LogP contribution is -2.35. The summed E-state index contributed by atoms with van der Waals surface area (Å²) < 4.78 is 36.4. The van der Waals surface area contributed by atoms with E-state index in [1.807, 2.05) is 48.9 Å². The Kier molecular flexibility index (Phi) is 5.26. The summed E-state index contributed by atoms with van der Waals surface area (Å²) in [6.45, 7) is 6.86. The molecule has 0 radical (unpaired) electrons. The van der Waals surface area contributed by atoms with Gasteiger partial charge in [0.15, 0.2) is 0 Å². The predicted molar refractivity (Wildman–Crippen MR) is 113 cm³/mol. The molecule has 0 amide bonds. The van der Waals surface area contributed by atoms with Crippen molar-refractivity contribution in [3.05, 3.63) is 52.2 Å². The molecule has 5 nitrogen and oxygen atoms in total. The van der Waals surface area contributed by atoms with Crippen molar-refractivity contribution in [1.82, 2.24) is 14.1 Å². The molecule has 4 rings (SSSR count). The predicted octanol–water partition coefficient (Wildman–Crippen LogP) is 4.65. The van der Waals surface area contributed by atoms with Gasteiger partial charge in [0.25, 0.3) is 5.56 Å². The van der Waals surface area contributed by atoms with Gasteiger partial charge in [-0.2, -0.15) is 0 Å². The van der Waals surface area contributed by atoms with E-state index in [0.717, 1.165) is 22.2 Å². The van der Waals surface area contributed by atoms with Gasteiger partial charge in [-0.25, -0.2) is 13.8 Å². The third-order valence-corrected chi connectivity index (χ3v) is 5.82.